The number of hydrogen-bond donors (Lipinski definition) is 0. The van der Waals surface area contributed by atoms with Crippen molar-refractivity contribution in [2.24, 2.45) is 0 Å². The molecule has 0 fully saturated rings. The molecule has 0 aliphatic rings. The summed E-state index contributed by atoms with van der Waals surface area (Å²) >= 11 is 0. The monoisotopic (exact) mass is 380 g/mol. The van der Waals surface area contributed by atoms with E-state index in [9.17, 15) is 0 Å². The van der Waals surface area contributed by atoms with Crippen LogP contribution in [0, 0.1) is 0 Å². The molecule has 0 amide bonds. The Morgan fingerprint density at radius 1 is 0.300 bits per heavy atom. The third-order valence-electron chi connectivity index (χ3n) is 6.01. The predicted octanol–water partition coefficient (Wildman–Crippen LogP) is 8.48. The molecule has 30 heavy (non-hydrogen) atoms. The van der Waals surface area contributed by atoms with Crippen LogP contribution in [0.25, 0.3) is 54.6 Å². The molecule has 0 saturated carbocycles. The molecule has 0 N–H and O–H groups in total. The fraction of sp³-hybridized carbons (Fsp3) is 0. The Balaban J connectivity index is 1.64. The summed E-state index contributed by atoms with van der Waals surface area (Å²) in [6.45, 7) is 0. The van der Waals surface area contributed by atoms with E-state index in [0.717, 1.165) is 0 Å². The molecule has 0 saturated heterocycles. The Kier molecular flexibility index (Phi) is 3.89. The van der Waals surface area contributed by atoms with Crippen LogP contribution in [0.5, 0.6) is 0 Å². The largest absolute Gasteiger partial charge is 0.0622 e. The fourth-order valence-corrected chi connectivity index (χ4v) is 4.53. The first-order chi connectivity index (χ1) is 14.9. The van der Waals surface area contributed by atoms with Crippen molar-refractivity contribution in [2.75, 3.05) is 0 Å². The zero-order valence-electron chi connectivity index (χ0n) is 16.5. The summed E-state index contributed by atoms with van der Waals surface area (Å²) in [6, 6.07) is 43.9. The molecule has 140 valence electrons. The maximum absolute atomic E-state index is 2.34. The quantitative estimate of drug-likeness (QED) is 0.264. The first-order valence-corrected chi connectivity index (χ1v) is 10.4. The molecule has 0 aromatic heterocycles. The summed E-state index contributed by atoms with van der Waals surface area (Å²) < 4.78 is 0. The second-order valence-electron chi connectivity index (χ2n) is 7.84. The second-order valence-corrected chi connectivity index (χ2v) is 7.84. The van der Waals surface area contributed by atoms with Crippen molar-refractivity contribution in [1.82, 2.24) is 0 Å². The summed E-state index contributed by atoms with van der Waals surface area (Å²) in [5.41, 5.74) is 5.06. The Bertz CT molecular complexity index is 1500. The van der Waals surface area contributed by atoms with Gasteiger partial charge in [0.05, 0.1) is 0 Å². The summed E-state index contributed by atoms with van der Waals surface area (Å²) in [5.74, 6) is 0. The zero-order valence-corrected chi connectivity index (χ0v) is 16.5. The van der Waals surface area contributed by atoms with E-state index < -0.39 is 0 Å². The molecule has 0 heteroatoms. The van der Waals surface area contributed by atoms with Crippen molar-refractivity contribution in [2.45, 2.75) is 0 Å². The SMILES string of the molecule is c1ccc(-c2ccc(-c3c4ccccc4cc4cc5ccccc5cc34)cc2)cc1. The molecule has 0 unspecified atom stereocenters. The predicted molar refractivity (Wildman–Crippen MR) is 130 cm³/mol. The van der Waals surface area contributed by atoms with E-state index in [1.165, 1.54) is 54.6 Å². The van der Waals surface area contributed by atoms with Crippen molar-refractivity contribution in [1.29, 1.82) is 0 Å². The smallest absolute Gasteiger partial charge is 0.00266 e. The summed E-state index contributed by atoms with van der Waals surface area (Å²) in [4.78, 5) is 0. The molecular formula is C30H20. The van der Waals surface area contributed by atoms with Crippen molar-refractivity contribution in [3.05, 3.63) is 121 Å². The molecule has 0 bridgehead atoms. The molecule has 0 heterocycles. The second kappa shape index (κ2) is 6.86. The van der Waals surface area contributed by atoms with Gasteiger partial charge in [-0.1, -0.05) is 103 Å². The van der Waals surface area contributed by atoms with Crippen molar-refractivity contribution >= 4 is 32.3 Å². The molecule has 6 rings (SSSR count). The van der Waals surface area contributed by atoms with Crippen LogP contribution in [0.15, 0.2) is 121 Å². The van der Waals surface area contributed by atoms with Gasteiger partial charge >= 0.3 is 0 Å². The molecule has 0 radical (unpaired) electrons. The minimum absolute atomic E-state index is 1.24. The number of hydrogen-bond acceptors (Lipinski definition) is 0. The first kappa shape index (κ1) is 17.0. The molecule has 6 aromatic carbocycles. The Morgan fingerprint density at radius 3 is 1.60 bits per heavy atom. The molecule has 0 aliphatic heterocycles. The van der Waals surface area contributed by atoms with Crippen LogP contribution in [-0.4, -0.2) is 0 Å². The third kappa shape index (κ3) is 2.77. The van der Waals surface area contributed by atoms with Crippen molar-refractivity contribution in [3.8, 4) is 22.3 Å². The van der Waals surface area contributed by atoms with Gasteiger partial charge in [-0.15, -0.1) is 0 Å². The number of rotatable bonds is 2. The third-order valence-corrected chi connectivity index (χ3v) is 6.01. The maximum Gasteiger partial charge on any atom is -0.00266 e. The van der Waals surface area contributed by atoms with Gasteiger partial charge in [0.25, 0.3) is 0 Å². The van der Waals surface area contributed by atoms with Gasteiger partial charge in [0.15, 0.2) is 0 Å². The molecular weight excluding hydrogens is 360 g/mol. The average Bonchev–Trinajstić information content (AvgIpc) is 2.82. The van der Waals surface area contributed by atoms with E-state index in [1.54, 1.807) is 0 Å². The average molecular weight is 380 g/mol. The minimum Gasteiger partial charge on any atom is -0.0622 e. The van der Waals surface area contributed by atoms with Gasteiger partial charge in [-0.3, -0.25) is 0 Å². The molecule has 0 atom stereocenters. The van der Waals surface area contributed by atoms with Crippen LogP contribution in [0.3, 0.4) is 0 Å². The molecule has 6 aromatic rings. The topological polar surface area (TPSA) is 0 Å². The molecule has 0 nitrogen and oxygen atoms in total. The summed E-state index contributed by atoms with van der Waals surface area (Å²) in [7, 11) is 0. The molecule has 0 aliphatic carbocycles. The Labute approximate surface area is 176 Å². The first-order valence-electron chi connectivity index (χ1n) is 10.4. The normalized spacial score (nSPS) is 11.3. The number of fused-ring (bicyclic) bond motifs is 3. The van der Waals surface area contributed by atoms with Gasteiger partial charge in [-0.05, 0) is 72.8 Å². The van der Waals surface area contributed by atoms with E-state index in [0.29, 0.717) is 0 Å². The van der Waals surface area contributed by atoms with Gasteiger partial charge in [0.2, 0.25) is 0 Å². The van der Waals surface area contributed by atoms with Crippen LogP contribution < -0.4 is 0 Å². The van der Waals surface area contributed by atoms with E-state index in [2.05, 4.69) is 121 Å². The van der Waals surface area contributed by atoms with Crippen LogP contribution in [0.4, 0.5) is 0 Å². The standard InChI is InChI=1S/C30H20/c1-2-8-21(9-3-1)22-14-16-23(17-15-22)30-28-13-7-6-12-26(28)19-27-18-24-10-4-5-11-25(24)20-29(27)30/h1-20H. The lowest BCUT2D eigenvalue weighted by atomic mass is 9.90. The van der Waals surface area contributed by atoms with Crippen molar-refractivity contribution in [3.63, 3.8) is 0 Å². The van der Waals surface area contributed by atoms with Gasteiger partial charge < -0.3 is 0 Å². The van der Waals surface area contributed by atoms with Gasteiger partial charge in [-0.2, -0.15) is 0 Å². The van der Waals surface area contributed by atoms with Crippen LogP contribution in [0.2, 0.25) is 0 Å². The Hall–Kier alpha value is -3.90. The van der Waals surface area contributed by atoms with Gasteiger partial charge in [-0.25, -0.2) is 0 Å². The Morgan fingerprint density at radius 2 is 0.833 bits per heavy atom. The van der Waals surface area contributed by atoms with E-state index in [-0.39, 0.29) is 0 Å². The van der Waals surface area contributed by atoms with E-state index in [4.69, 9.17) is 0 Å². The van der Waals surface area contributed by atoms with Crippen LogP contribution in [0.1, 0.15) is 0 Å². The lowest BCUT2D eigenvalue weighted by molar-refractivity contribution is 1.61. The highest BCUT2D eigenvalue weighted by Crippen LogP contribution is 2.38. The number of benzene rings is 6. The highest BCUT2D eigenvalue weighted by atomic mass is 14.1. The summed E-state index contributed by atoms with van der Waals surface area (Å²) in [6.07, 6.45) is 0. The maximum atomic E-state index is 2.34. The van der Waals surface area contributed by atoms with Crippen LogP contribution >= 0.6 is 0 Å². The molecule has 0 spiro atoms. The fourth-order valence-electron chi connectivity index (χ4n) is 4.53. The van der Waals surface area contributed by atoms with Gasteiger partial charge in [0, 0.05) is 0 Å². The van der Waals surface area contributed by atoms with Crippen molar-refractivity contribution < 1.29 is 0 Å². The lowest BCUT2D eigenvalue weighted by Gasteiger charge is -2.14. The van der Waals surface area contributed by atoms with Gasteiger partial charge in [0.1, 0.15) is 0 Å². The van der Waals surface area contributed by atoms with E-state index >= 15 is 0 Å². The van der Waals surface area contributed by atoms with Crippen LogP contribution in [-0.2, 0) is 0 Å². The minimum atomic E-state index is 1.24. The summed E-state index contributed by atoms with van der Waals surface area (Å²) in [5, 5.41) is 7.73. The van der Waals surface area contributed by atoms with E-state index in [1.807, 2.05) is 0 Å². The lowest BCUT2D eigenvalue weighted by Crippen LogP contribution is -1.87. The highest BCUT2D eigenvalue weighted by Gasteiger charge is 2.11. The zero-order chi connectivity index (χ0) is 19.9. The highest BCUT2D eigenvalue weighted by molar-refractivity contribution is 6.15.